The minimum absolute atomic E-state index is 0.577. The Labute approximate surface area is 133 Å². The highest BCUT2D eigenvalue weighted by Gasteiger charge is 2.02. The number of rotatable bonds is 4. The average Bonchev–Trinajstić information content (AvgIpc) is 2.38. The summed E-state index contributed by atoms with van der Waals surface area (Å²) < 4.78 is 1.15. The van der Waals surface area contributed by atoms with E-state index in [-0.39, 0.29) is 0 Å². The van der Waals surface area contributed by atoms with E-state index < -0.39 is 0 Å². The molecule has 0 saturated carbocycles. The molecule has 0 aliphatic rings. The summed E-state index contributed by atoms with van der Waals surface area (Å²) in [5.41, 5.74) is 3.62. The number of nitrogens with one attached hydrogen (secondary N) is 1. The highest BCUT2D eigenvalue weighted by Crippen LogP contribution is 2.24. The molecule has 0 atom stereocenters. The van der Waals surface area contributed by atoms with Crippen molar-refractivity contribution in [2.75, 3.05) is 5.32 Å². The van der Waals surface area contributed by atoms with Gasteiger partial charge >= 0.3 is 0 Å². The molecule has 0 aliphatic carbocycles. The predicted octanol–water partition coefficient (Wildman–Crippen LogP) is 5.68. The maximum atomic E-state index is 6.20. The van der Waals surface area contributed by atoms with Crippen LogP contribution < -0.4 is 5.32 Å². The van der Waals surface area contributed by atoms with E-state index in [9.17, 15) is 0 Å². The van der Waals surface area contributed by atoms with Crippen LogP contribution in [0.15, 0.2) is 42.5 Å². The molecule has 0 bridgehead atoms. The second-order valence-electron chi connectivity index (χ2n) is 4.87. The fourth-order valence-corrected chi connectivity index (χ4v) is 2.77. The van der Waals surface area contributed by atoms with Crippen molar-refractivity contribution in [1.82, 2.24) is 0 Å². The van der Waals surface area contributed by atoms with Gasteiger partial charge in [-0.3, -0.25) is 0 Å². The average molecular weight is 386 g/mol. The highest BCUT2D eigenvalue weighted by molar-refractivity contribution is 14.1. The molecule has 0 aliphatic heterocycles. The first-order valence-corrected chi connectivity index (χ1v) is 7.79. The minimum atomic E-state index is 0.577. The fourth-order valence-electron chi connectivity index (χ4n) is 1.85. The Morgan fingerprint density at radius 1 is 1.11 bits per heavy atom. The lowest BCUT2D eigenvalue weighted by atomic mass is 10.0. The quantitative estimate of drug-likeness (QED) is 0.668. The molecule has 0 radical (unpaired) electrons. The standard InChI is InChI=1S/C16H17ClIN/c1-11(2)13-5-3-12(4-6-13)10-19-16-8-7-14(18)9-15(16)17/h3-9,11,19H,10H2,1-2H3. The zero-order chi connectivity index (χ0) is 13.8. The van der Waals surface area contributed by atoms with E-state index in [4.69, 9.17) is 11.6 Å². The van der Waals surface area contributed by atoms with E-state index >= 15 is 0 Å². The highest BCUT2D eigenvalue weighted by atomic mass is 127. The number of anilines is 1. The summed E-state index contributed by atoms with van der Waals surface area (Å²) in [7, 11) is 0. The summed E-state index contributed by atoms with van der Waals surface area (Å²) in [6, 6.07) is 14.8. The normalized spacial score (nSPS) is 10.8. The summed E-state index contributed by atoms with van der Waals surface area (Å²) in [6.07, 6.45) is 0. The van der Waals surface area contributed by atoms with Gasteiger partial charge in [0.2, 0.25) is 0 Å². The second-order valence-corrected chi connectivity index (χ2v) is 6.53. The minimum Gasteiger partial charge on any atom is -0.380 e. The van der Waals surface area contributed by atoms with Gasteiger partial charge in [-0.15, -0.1) is 0 Å². The Kier molecular flexibility index (Phi) is 5.11. The first kappa shape index (κ1) is 14.7. The zero-order valence-electron chi connectivity index (χ0n) is 11.1. The third-order valence-corrected chi connectivity index (χ3v) is 4.04. The molecule has 100 valence electrons. The van der Waals surface area contributed by atoms with Gasteiger partial charge in [0.15, 0.2) is 0 Å². The summed E-state index contributed by atoms with van der Waals surface area (Å²) in [5.74, 6) is 0.577. The van der Waals surface area contributed by atoms with Crippen LogP contribution in [0.25, 0.3) is 0 Å². The summed E-state index contributed by atoms with van der Waals surface area (Å²) >= 11 is 8.45. The molecule has 0 heterocycles. The van der Waals surface area contributed by atoms with Crippen molar-refractivity contribution in [3.05, 3.63) is 62.2 Å². The molecule has 0 unspecified atom stereocenters. The molecule has 0 aromatic heterocycles. The van der Waals surface area contributed by atoms with Gasteiger partial charge in [-0.1, -0.05) is 49.7 Å². The molecule has 1 N–H and O–H groups in total. The van der Waals surface area contributed by atoms with Crippen molar-refractivity contribution in [2.45, 2.75) is 26.3 Å². The zero-order valence-corrected chi connectivity index (χ0v) is 14.0. The third-order valence-electron chi connectivity index (χ3n) is 3.06. The predicted molar refractivity (Wildman–Crippen MR) is 92.0 cm³/mol. The molecule has 0 amide bonds. The van der Waals surface area contributed by atoms with Crippen LogP contribution in [0.3, 0.4) is 0 Å². The lowest BCUT2D eigenvalue weighted by Crippen LogP contribution is -2.00. The van der Waals surface area contributed by atoms with Crippen LogP contribution >= 0.6 is 34.2 Å². The molecule has 2 aromatic carbocycles. The van der Waals surface area contributed by atoms with Crippen molar-refractivity contribution in [3.8, 4) is 0 Å². The van der Waals surface area contributed by atoms with Gasteiger partial charge in [0.1, 0.15) is 0 Å². The van der Waals surface area contributed by atoms with E-state index in [2.05, 4.69) is 72.1 Å². The van der Waals surface area contributed by atoms with Crippen molar-refractivity contribution >= 4 is 39.9 Å². The Balaban J connectivity index is 2.02. The van der Waals surface area contributed by atoms with Crippen LogP contribution in [0.5, 0.6) is 0 Å². The number of hydrogen-bond donors (Lipinski definition) is 1. The van der Waals surface area contributed by atoms with E-state index in [1.165, 1.54) is 11.1 Å². The van der Waals surface area contributed by atoms with E-state index in [0.29, 0.717) is 5.92 Å². The third kappa shape index (κ3) is 4.11. The molecular formula is C16H17ClIN. The van der Waals surface area contributed by atoms with E-state index in [1.807, 2.05) is 12.1 Å². The Hall–Kier alpha value is -0.740. The molecule has 19 heavy (non-hydrogen) atoms. The van der Waals surface area contributed by atoms with Crippen LogP contribution in [0.2, 0.25) is 5.02 Å². The molecule has 0 spiro atoms. The molecule has 2 aromatic rings. The van der Waals surface area contributed by atoms with Gasteiger partial charge in [0.05, 0.1) is 10.7 Å². The van der Waals surface area contributed by atoms with Gasteiger partial charge in [0, 0.05) is 10.1 Å². The molecule has 0 saturated heterocycles. The number of halogens is 2. The molecule has 1 nitrogen and oxygen atoms in total. The van der Waals surface area contributed by atoms with Gasteiger partial charge < -0.3 is 5.32 Å². The summed E-state index contributed by atoms with van der Waals surface area (Å²) in [4.78, 5) is 0. The first-order valence-electron chi connectivity index (χ1n) is 6.34. The number of hydrogen-bond acceptors (Lipinski definition) is 1. The lowest BCUT2D eigenvalue weighted by Gasteiger charge is -2.10. The van der Waals surface area contributed by atoms with Crippen molar-refractivity contribution in [2.24, 2.45) is 0 Å². The monoisotopic (exact) mass is 385 g/mol. The lowest BCUT2D eigenvalue weighted by molar-refractivity contribution is 0.865. The SMILES string of the molecule is CC(C)c1ccc(CNc2ccc(I)cc2Cl)cc1. The second kappa shape index (κ2) is 6.62. The molecule has 0 fully saturated rings. The van der Waals surface area contributed by atoms with Crippen LogP contribution in [0.4, 0.5) is 5.69 Å². The van der Waals surface area contributed by atoms with Gasteiger partial charge in [0.25, 0.3) is 0 Å². The van der Waals surface area contributed by atoms with E-state index in [0.717, 1.165) is 20.8 Å². The maximum absolute atomic E-state index is 6.20. The maximum Gasteiger partial charge on any atom is 0.0648 e. The van der Waals surface area contributed by atoms with Gasteiger partial charge in [-0.05, 0) is 57.8 Å². The number of benzene rings is 2. The molecular weight excluding hydrogens is 369 g/mol. The van der Waals surface area contributed by atoms with Crippen LogP contribution in [0, 0.1) is 3.57 Å². The Morgan fingerprint density at radius 3 is 2.37 bits per heavy atom. The molecule has 2 rings (SSSR count). The van der Waals surface area contributed by atoms with Crippen LogP contribution in [0.1, 0.15) is 30.9 Å². The van der Waals surface area contributed by atoms with Crippen molar-refractivity contribution in [1.29, 1.82) is 0 Å². The van der Waals surface area contributed by atoms with E-state index in [1.54, 1.807) is 0 Å². The Bertz CT molecular complexity index is 549. The van der Waals surface area contributed by atoms with Crippen LogP contribution in [-0.2, 0) is 6.54 Å². The van der Waals surface area contributed by atoms with Gasteiger partial charge in [-0.25, -0.2) is 0 Å². The largest absolute Gasteiger partial charge is 0.380 e. The van der Waals surface area contributed by atoms with Crippen molar-refractivity contribution < 1.29 is 0 Å². The van der Waals surface area contributed by atoms with Crippen molar-refractivity contribution in [3.63, 3.8) is 0 Å². The van der Waals surface area contributed by atoms with Crippen LogP contribution in [-0.4, -0.2) is 0 Å². The molecule has 3 heteroatoms. The summed E-state index contributed by atoms with van der Waals surface area (Å²) in [5, 5.41) is 4.14. The fraction of sp³-hybridized carbons (Fsp3) is 0.250. The smallest absolute Gasteiger partial charge is 0.0648 e. The Morgan fingerprint density at radius 2 is 1.79 bits per heavy atom. The summed E-state index contributed by atoms with van der Waals surface area (Å²) in [6.45, 7) is 5.20. The van der Waals surface area contributed by atoms with Gasteiger partial charge in [-0.2, -0.15) is 0 Å². The first-order chi connectivity index (χ1) is 9.06. The topological polar surface area (TPSA) is 12.0 Å².